The van der Waals surface area contributed by atoms with E-state index in [0.29, 0.717) is 12.1 Å². The van der Waals surface area contributed by atoms with Gasteiger partial charge in [-0.05, 0) is 25.0 Å². The lowest BCUT2D eigenvalue weighted by atomic mass is 10.1. The van der Waals surface area contributed by atoms with E-state index >= 15 is 0 Å². The van der Waals surface area contributed by atoms with Gasteiger partial charge >= 0.3 is 6.18 Å². The number of sulfonamides is 1. The number of halogens is 5. The van der Waals surface area contributed by atoms with E-state index in [0.717, 1.165) is 6.07 Å². The van der Waals surface area contributed by atoms with Crippen molar-refractivity contribution in [1.82, 2.24) is 4.31 Å². The summed E-state index contributed by atoms with van der Waals surface area (Å²) < 4.78 is 95.9. The maximum absolute atomic E-state index is 13.8. The summed E-state index contributed by atoms with van der Waals surface area (Å²) in [5.41, 5.74) is 0. The SMILES string of the molecule is O=S(=O)(c1c(F)cccc1F)N(CC(F)(F)F)C1CCOCC1. The van der Waals surface area contributed by atoms with Crippen LogP contribution in [0, 0.1) is 11.6 Å². The first-order valence-corrected chi connectivity index (χ1v) is 8.17. The maximum Gasteiger partial charge on any atom is 0.402 e. The van der Waals surface area contributed by atoms with Gasteiger partial charge in [-0.15, -0.1) is 0 Å². The fourth-order valence-corrected chi connectivity index (χ4v) is 4.19. The summed E-state index contributed by atoms with van der Waals surface area (Å²) >= 11 is 0. The highest BCUT2D eigenvalue weighted by Gasteiger charge is 2.43. The van der Waals surface area contributed by atoms with Gasteiger partial charge in [0, 0.05) is 19.3 Å². The van der Waals surface area contributed by atoms with Gasteiger partial charge in [0.2, 0.25) is 10.0 Å². The first-order valence-electron chi connectivity index (χ1n) is 6.73. The van der Waals surface area contributed by atoms with E-state index in [1.54, 1.807) is 0 Å². The van der Waals surface area contributed by atoms with E-state index in [1.165, 1.54) is 0 Å². The molecule has 0 aromatic heterocycles. The third kappa shape index (κ3) is 4.18. The largest absolute Gasteiger partial charge is 0.402 e. The predicted molar refractivity (Wildman–Crippen MR) is 70.1 cm³/mol. The highest BCUT2D eigenvalue weighted by atomic mass is 32.2. The van der Waals surface area contributed by atoms with Crippen molar-refractivity contribution >= 4 is 10.0 Å². The van der Waals surface area contributed by atoms with Gasteiger partial charge in [0.05, 0.1) is 0 Å². The molecular weight excluding hydrogens is 345 g/mol. The van der Waals surface area contributed by atoms with Crippen LogP contribution < -0.4 is 0 Å². The van der Waals surface area contributed by atoms with Gasteiger partial charge in [0.15, 0.2) is 4.90 Å². The van der Waals surface area contributed by atoms with Crippen LogP contribution in [-0.2, 0) is 14.8 Å². The van der Waals surface area contributed by atoms with Crippen LogP contribution in [-0.4, -0.2) is 44.7 Å². The molecule has 1 aromatic carbocycles. The van der Waals surface area contributed by atoms with Gasteiger partial charge in [-0.1, -0.05) is 6.07 Å². The Morgan fingerprint density at radius 2 is 1.65 bits per heavy atom. The summed E-state index contributed by atoms with van der Waals surface area (Å²) in [6, 6.07) is 1.28. The smallest absolute Gasteiger partial charge is 0.381 e. The summed E-state index contributed by atoms with van der Waals surface area (Å²) in [7, 11) is -4.99. The highest BCUT2D eigenvalue weighted by molar-refractivity contribution is 7.89. The molecule has 0 aliphatic carbocycles. The van der Waals surface area contributed by atoms with E-state index < -0.39 is 45.3 Å². The molecule has 0 spiro atoms. The first kappa shape index (κ1) is 18.1. The molecule has 1 aliphatic rings. The second kappa shape index (κ2) is 6.70. The van der Waals surface area contributed by atoms with E-state index in [1.807, 2.05) is 0 Å². The van der Waals surface area contributed by atoms with Crippen LogP contribution in [0.4, 0.5) is 22.0 Å². The number of nitrogens with zero attached hydrogens (tertiary/aromatic N) is 1. The van der Waals surface area contributed by atoms with Crippen molar-refractivity contribution in [1.29, 1.82) is 0 Å². The van der Waals surface area contributed by atoms with Crippen LogP contribution in [0.2, 0.25) is 0 Å². The Morgan fingerprint density at radius 3 is 2.13 bits per heavy atom. The van der Waals surface area contributed by atoms with Crippen LogP contribution in [0.15, 0.2) is 23.1 Å². The van der Waals surface area contributed by atoms with Crippen molar-refractivity contribution in [3.63, 3.8) is 0 Å². The van der Waals surface area contributed by atoms with Crippen molar-refractivity contribution in [3.8, 4) is 0 Å². The summed E-state index contributed by atoms with van der Waals surface area (Å²) in [5, 5.41) is 0. The molecule has 0 amide bonds. The minimum absolute atomic E-state index is 0.0192. The molecule has 1 fully saturated rings. The average molecular weight is 359 g/mol. The molecule has 1 saturated heterocycles. The Hall–Kier alpha value is -1.26. The van der Waals surface area contributed by atoms with E-state index in [-0.39, 0.29) is 30.4 Å². The Labute approximate surface area is 129 Å². The highest BCUT2D eigenvalue weighted by Crippen LogP contribution is 2.30. The molecule has 1 heterocycles. The molecule has 0 radical (unpaired) electrons. The Morgan fingerprint density at radius 1 is 1.13 bits per heavy atom. The third-order valence-corrected chi connectivity index (χ3v) is 5.37. The predicted octanol–water partition coefficient (Wildman–Crippen LogP) is 2.70. The Balaban J connectivity index is 2.48. The van der Waals surface area contributed by atoms with Crippen LogP contribution in [0.5, 0.6) is 0 Å². The third-order valence-electron chi connectivity index (χ3n) is 3.42. The second-order valence-corrected chi connectivity index (χ2v) is 6.89. The molecule has 4 nitrogen and oxygen atoms in total. The average Bonchev–Trinajstić information content (AvgIpc) is 2.44. The van der Waals surface area contributed by atoms with Crippen LogP contribution in [0.1, 0.15) is 12.8 Å². The zero-order valence-corrected chi connectivity index (χ0v) is 12.6. The standard InChI is InChI=1S/C13H14F5NO3S/c14-10-2-1-3-11(15)12(10)23(20,21)19(8-13(16,17)18)9-4-6-22-7-5-9/h1-3,9H,4-8H2. The van der Waals surface area contributed by atoms with E-state index in [2.05, 4.69) is 0 Å². The monoisotopic (exact) mass is 359 g/mol. The van der Waals surface area contributed by atoms with Gasteiger partial charge in [-0.2, -0.15) is 17.5 Å². The summed E-state index contributed by atoms with van der Waals surface area (Å²) in [6.07, 6.45) is -4.80. The topological polar surface area (TPSA) is 46.6 Å². The molecule has 0 unspecified atom stereocenters. The quantitative estimate of drug-likeness (QED) is 0.777. The number of ether oxygens (including phenoxy) is 1. The first-order chi connectivity index (χ1) is 10.6. The van der Waals surface area contributed by atoms with Gasteiger partial charge < -0.3 is 4.74 Å². The molecule has 0 N–H and O–H groups in total. The lowest BCUT2D eigenvalue weighted by Crippen LogP contribution is -2.48. The van der Waals surface area contributed by atoms with Gasteiger partial charge in [-0.25, -0.2) is 17.2 Å². The second-order valence-electron chi connectivity index (χ2n) is 5.06. The number of benzene rings is 1. The fourth-order valence-electron chi connectivity index (χ4n) is 2.41. The molecule has 0 saturated carbocycles. The molecular formula is C13H14F5NO3S. The molecule has 10 heteroatoms. The van der Waals surface area contributed by atoms with Crippen LogP contribution in [0.25, 0.3) is 0 Å². The molecule has 23 heavy (non-hydrogen) atoms. The van der Waals surface area contributed by atoms with Gasteiger partial charge in [-0.3, -0.25) is 0 Å². The zero-order chi connectivity index (χ0) is 17.3. The van der Waals surface area contributed by atoms with Crippen molar-refractivity contribution < 1.29 is 35.1 Å². The van der Waals surface area contributed by atoms with Gasteiger partial charge in [0.25, 0.3) is 0 Å². The molecule has 1 aliphatic heterocycles. The van der Waals surface area contributed by atoms with Crippen LogP contribution >= 0.6 is 0 Å². The summed E-state index contributed by atoms with van der Waals surface area (Å²) in [6.45, 7) is -1.66. The molecule has 130 valence electrons. The fraction of sp³-hybridized carbons (Fsp3) is 0.538. The number of rotatable bonds is 4. The molecule has 0 bridgehead atoms. The lowest BCUT2D eigenvalue weighted by Gasteiger charge is -2.33. The van der Waals surface area contributed by atoms with E-state index in [4.69, 9.17) is 4.74 Å². The Bertz CT molecular complexity index is 636. The summed E-state index contributed by atoms with van der Waals surface area (Å²) in [4.78, 5) is -1.37. The molecule has 0 atom stereocenters. The zero-order valence-electron chi connectivity index (χ0n) is 11.8. The van der Waals surface area contributed by atoms with E-state index in [9.17, 15) is 30.4 Å². The van der Waals surface area contributed by atoms with Crippen molar-refractivity contribution in [2.24, 2.45) is 0 Å². The normalized spacial score (nSPS) is 17.7. The number of hydrogen-bond donors (Lipinski definition) is 0. The van der Waals surface area contributed by atoms with Crippen molar-refractivity contribution in [2.75, 3.05) is 19.8 Å². The van der Waals surface area contributed by atoms with Crippen LogP contribution in [0.3, 0.4) is 0 Å². The minimum Gasteiger partial charge on any atom is -0.381 e. The van der Waals surface area contributed by atoms with Gasteiger partial charge in [0.1, 0.15) is 18.2 Å². The maximum atomic E-state index is 13.8. The van der Waals surface area contributed by atoms with Crippen molar-refractivity contribution in [3.05, 3.63) is 29.8 Å². The minimum atomic E-state index is -4.99. The molecule has 2 rings (SSSR count). The number of hydrogen-bond acceptors (Lipinski definition) is 3. The Kier molecular flexibility index (Phi) is 5.27. The lowest BCUT2D eigenvalue weighted by molar-refractivity contribution is -0.141. The summed E-state index contributed by atoms with van der Waals surface area (Å²) in [5.74, 6) is -2.85. The molecule has 1 aromatic rings. The van der Waals surface area contributed by atoms with Crippen molar-refractivity contribution in [2.45, 2.75) is 30.0 Å². The number of alkyl halides is 3.